The third-order valence-corrected chi connectivity index (χ3v) is 5.60. The van der Waals surface area contributed by atoms with Crippen LogP contribution in [-0.2, 0) is 0 Å². The van der Waals surface area contributed by atoms with Crippen molar-refractivity contribution < 1.29 is 0 Å². The summed E-state index contributed by atoms with van der Waals surface area (Å²) in [6.07, 6.45) is 1.13. The normalized spacial score (nSPS) is 12.3. The number of hydrogen-bond donors (Lipinski definition) is 0. The lowest BCUT2D eigenvalue weighted by atomic mass is 9.88. The average molecular weight is 423 g/mol. The number of aryl methyl sites for hydroxylation is 3. The topological polar surface area (TPSA) is 15.6 Å². The number of aliphatic imine (C=N–C) groups is 1. The summed E-state index contributed by atoms with van der Waals surface area (Å²) in [5, 5.41) is 0. The number of hydrogen-bond acceptors (Lipinski definition) is 2. The monoisotopic (exact) mass is 422 g/mol. The first kappa shape index (κ1) is 28.8. The van der Waals surface area contributed by atoms with Gasteiger partial charge in [-0.25, -0.2) is 0 Å². The molecule has 2 nitrogen and oxygen atoms in total. The molecule has 2 atom stereocenters. The lowest BCUT2D eigenvalue weighted by molar-refractivity contribution is 0.181. The van der Waals surface area contributed by atoms with Crippen LogP contribution in [0.2, 0.25) is 0 Å². The fraction of sp³-hybridized carbons (Fsp3) is 0.483. The molecule has 2 aromatic carbocycles. The summed E-state index contributed by atoms with van der Waals surface area (Å²) in [5.74, 6) is 0.496. The zero-order chi connectivity index (χ0) is 24.1. The van der Waals surface area contributed by atoms with Gasteiger partial charge in [0.15, 0.2) is 0 Å². The Morgan fingerprint density at radius 1 is 0.903 bits per heavy atom. The Bertz CT molecular complexity index is 766. The molecule has 0 saturated heterocycles. The van der Waals surface area contributed by atoms with Gasteiger partial charge in [0.2, 0.25) is 0 Å². The molecule has 31 heavy (non-hydrogen) atoms. The van der Waals surface area contributed by atoms with Gasteiger partial charge in [-0.2, -0.15) is 0 Å². The van der Waals surface area contributed by atoms with Crippen molar-refractivity contribution in [3.63, 3.8) is 0 Å². The zero-order valence-corrected chi connectivity index (χ0v) is 21.8. The second-order valence-electron chi connectivity index (χ2n) is 8.47. The summed E-state index contributed by atoms with van der Waals surface area (Å²) in [6, 6.07) is 15.6. The van der Waals surface area contributed by atoms with Crippen LogP contribution < -0.4 is 0 Å². The highest BCUT2D eigenvalue weighted by molar-refractivity contribution is 5.77. The van der Waals surface area contributed by atoms with Crippen LogP contribution in [0.3, 0.4) is 0 Å². The van der Waals surface area contributed by atoms with E-state index in [1.54, 1.807) is 0 Å². The molecule has 1 unspecified atom stereocenters. The molecule has 0 saturated carbocycles. The molecular weight excluding hydrogens is 376 g/mol. The maximum absolute atomic E-state index is 4.39. The number of likely N-dealkylation sites (N-methyl/N-ethyl adjacent to an activating group) is 1. The molecule has 0 aromatic heterocycles. The van der Waals surface area contributed by atoms with Gasteiger partial charge in [-0.3, -0.25) is 9.89 Å². The maximum Gasteiger partial charge on any atom is 0.0700 e. The van der Waals surface area contributed by atoms with Gasteiger partial charge in [0.1, 0.15) is 0 Å². The molecule has 0 fully saturated rings. The maximum atomic E-state index is 4.39. The first-order chi connectivity index (χ1) is 14.6. The number of rotatable bonds is 7. The molecule has 2 rings (SSSR count). The molecule has 0 aliphatic heterocycles. The molecule has 0 spiro atoms. The van der Waals surface area contributed by atoms with E-state index >= 15 is 0 Å². The van der Waals surface area contributed by atoms with Crippen molar-refractivity contribution in [2.24, 2.45) is 10.9 Å². The van der Waals surface area contributed by atoms with Gasteiger partial charge in [-0.1, -0.05) is 88.7 Å². The predicted octanol–water partition coefficient (Wildman–Crippen LogP) is 8.42. The molecule has 0 aliphatic rings. The lowest BCUT2D eigenvalue weighted by Crippen LogP contribution is -2.42. The first-order valence-corrected chi connectivity index (χ1v) is 11.6. The molecule has 0 aliphatic carbocycles. The molecule has 172 valence electrons. The Hall–Kier alpha value is -2.19. The Labute approximate surface area is 193 Å². The van der Waals surface area contributed by atoms with Gasteiger partial charge in [-0.05, 0) is 71.0 Å². The summed E-state index contributed by atoms with van der Waals surface area (Å²) in [4.78, 5) is 6.62. The summed E-state index contributed by atoms with van der Waals surface area (Å²) in [5.41, 5.74) is 7.04. The molecule has 2 aromatic rings. The van der Waals surface area contributed by atoms with E-state index in [0.29, 0.717) is 18.0 Å². The van der Waals surface area contributed by atoms with E-state index in [2.05, 4.69) is 121 Å². The Kier molecular flexibility index (Phi) is 13.7. The predicted molar refractivity (Wildman–Crippen MR) is 143 cm³/mol. The third-order valence-electron chi connectivity index (χ3n) is 5.60. The second-order valence-corrected chi connectivity index (χ2v) is 8.47. The van der Waals surface area contributed by atoms with Crippen LogP contribution in [0.1, 0.15) is 70.2 Å². The van der Waals surface area contributed by atoms with Gasteiger partial charge in [0.25, 0.3) is 0 Å². The van der Waals surface area contributed by atoms with Crippen LogP contribution in [0.5, 0.6) is 0 Å². The molecule has 0 N–H and O–H groups in total. The summed E-state index contributed by atoms with van der Waals surface area (Å²) in [7, 11) is 2.19. The second kappa shape index (κ2) is 14.8. The van der Waals surface area contributed by atoms with Crippen molar-refractivity contribution >= 4 is 18.0 Å². The van der Waals surface area contributed by atoms with Crippen molar-refractivity contribution in [3.8, 4) is 0 Å². The molecule has 0 radical (unpaired) electrons. The average Bonchev–Trinajstić information content (AvgIpc) is 2.76. The van der Waals surface area contributed by atoms with Crippen molar-refractivity contribution in [2.75, 3.05) is 7.05 Å². The number of nitrogens with zero attached hydrogens (tertiary/aromatic N) is 2. The van der Waals surface area contributed by atoms with Crippen molar-refractivity contribution in [1.29, 1.82) is 0 Å². The van der Waals surface area contributed by atoms with Gasteiger partial charge < -0.3 is 0 Å². The molecule has 2 heteroatoms. The molecule has 0 bridgehead atoms. The minimum atomic E-state index is 0.308. The standard InChI is InChI=1S/C19H30N2.C8H10.C2H6/c1-9-15(5)21(8)19(13(2)3)16(6)17-11-10-14(4)12-18(17)20-7;1-7-3-5-8(2)6-4-7;1-2/h10-13,15,19H,6-7,9H2,1-5,8H3;3-6H,1-2H3;1-2H3/t15?,19-;;/m1../s1. The quantitative estimate of drug-likeness (QED) is 0.409. The third kappa shape index (κ3) is 9.23. The summed E-state index contributed by atoms with van der Waals surface area (Å²) >= 11 is 0. The van der Waals surface area contributed by atoms with E-state index in [-0.39, 0.29) is 0 Å². The van der Waals surface area contributed by atoms with E-state index in [4.69, 9.17) is 0 Å². The molecular formula is C29H46N2. The van der Waals surface area contributed by atoms with E-state index in [1.807, 2.05) is 13.8 Å². The van der Waals surface area contributed by atoms with Gasteiger partial charge >= 0.3 is 0 Å². The fourth-order valence-electron chi connectivity index (χ4n) is 3.52. The van der Waals surface area contributed by atoms with E-state index in [0.717, 1.165) is 23.2 Å². The summed E-state index contributed by atoms with van der Waals surface area (Å²) in [6.45, 7) is 27.4. The van der Waals surface area contributed by atoms with Gasteiger partial charge in [0, 0.05) is 17.6 Å². The van der Waals surface area contributed by atoms with Gasteiger partial charge in [0.05, 0.1) is 5.69 Å². The van der Waals surface area contributed by atoms with Crippen LogP contribution >= 0.6 is 0 Å². The Morgan fingerprint density at radius 3 is 1.74 bits per heavy atom. The van der Waals surface area contributed by atoms with Crippen LogP contribution in [0.25, 0.3) is 5.57 Å². The Balaban J connectivity index is 0.000000745. The largest absolute Gasteiger partial charge is 0.296 e. The van der Waals surface area contributed by atoms with Crippen LogP contribution in [0, 0.1) is 26.7 Å². The Morgan fingerprint density at radius 2 is 1.35 bits per heavy atom. The minimum Gasteiger partial charge on any atom is -0.296 e. The molecule has 0 amide bonds. The van der Waals surface area contributed by atoms with Crippen LogP contribution in [0.4, 0.5) is 5.69 Å². The van der Waals surface area contributed by atoms with E-state index < -0.39 is 0 Å². The smallest absolute Gasteiger partial charge is 0.0700 e. The van der Waals surface area contributed by atoms with Crippen molar-refractivity contribution in [2.45, 2.75) is 80.8 Å². The van der Waals surface area contributed by atoms with E-state index in [1.165, 1.54) is 16.7 Å². The lowest BCUT2D eigenvalue weighted by Gasteiger charge is -2.37. The van der Waals surface area contributed by atoms with Crippen LogP contribution in [-0.4, -0.2) is 30.7 Å². The highest BCUT2D eigenvalue weighted by Crippen LogP contribution is 2.33. The van der Waals surface area contributed by atoms with Crippen LogP contribution in [0.15, 0.2) is 54.0 Å². The SMILES string of the molecule is C=Nc1cc(C)ccc1C(=C)[C@@H](C(C)C)N(C)C(C)CC.CC.Cc1ccc(C)cc1. The highest BCUT2D eigenvalue weighted by atomic mass is 15.2. The number of benzene rings is 2. The first-order valence-electron chi connectivity index (χ1n) is 11.6. The van der Waals surface area contributed by atoms with Crippen molar-refractivity contribution in [1.82, 2.24) is 4.90 Å². The fourth-order valence-corrected chi connectivity index (χ4v) is 3.52. The zero-order valence-electron chi connectivity index (χ0n) is 21.8. The minimum absolute atomic E-state index is 0.308. The van der Waals surface area contributed by atoms with Crippen molar-refractivity contribution in [3.05, 3.63) is 71.3 Å². The highest BCUT2D eigenvalue weighted by Gasteiger charge is 2.26. The van der Waals surface area contributed by atoms with E-state index in [9.17, 15) is 0 Å². The molecule has 0 heterocycles. The van der Waals surface area contributed by atoms with Gasteiger partial charge in [-0.15, -0.1) is 0 Å². The summed E-state index contributed by atoms with van der Waals surface area (Å²) < 4.78 is 0.